The van der Waals surface area contributed by atoms with Crippen LogP contribution in [-0.4, -0.2) is 14.4 Å². The monoisotopic (exact) mass is 291 g/mol. The molecule has 0 fully saturated rings. The lowest BCUT2D eigenvalue weighted by atomic mass is 10.2. The Kier molecular flexibility index (Phi) is 2.29. The van der Waals surface area contributed by atoms with Gasteiger partial charge >= 0.3 is 5.69 Å². The Morgan fingerprint density at radius 3 is 3.06 bits per heavy atom. The number of aryl methyl sites for hydroxylation is 1. The van der Waals surface area contributed by atoms with E-state index in [0.717, 1.165) is 27.5 Å². The summed E-state index contributed by atoms with van der Waals surface area (Å²) < 4.78 is 1.55. The van der Waals surface area contributed by atoms with Crippen LogP contribution < -0.4 is 5.69 Å². The number of imidazole rings is 1. The zero-order chi connectivity index (χ0) is 12.0. The SMILES string of the molecule is Cc1cn2c(=O)[nH]c3cc(CBr)ccc3c2n1. The lowest BCUT2D eigenvalue weighted by Gasteiger charge is -2.02. The Morgan fingerprint density at radius 1 is 1.47 bits per heavy atom. The number of nitrogens with zero attached hydrogens (tertiary/aromatic N) is 2. The van der Waals surface area contributed by atoms with E-state index in [1.807, 2.05) is 25.1 Å². The number of aromatic nitrogens is 3. The van der Waals surface area contributed by atoms with E-state index in [1.165, 1.54) is 0 Å². The van der Waals surface area contributed by atoms with Gasteiger partial charge in [0.25, 0.3) is 0 Å². The van der Waals surface area contributed by atoms with Crippen molar-refractivity contribution < 1.29 is 0 Å². The highest BCUT2D eigenvalue weighted by atomic mass is 79.9. The van der Waals surface area contributed by atoms with Crippen LogP contribution in [0.3, 0.4) is 0 Å². The zero-order valence-electron chi connectivity index (χ0n) is 9.20. The summed E-state index contributed by atoms with van der Waals surface area (Å²) in [6, 6.07) is 5.98. The first-order valence-corrected chi connectivity index (χ1v) is 6.38. The molecule has 5 heteroatoms. The van der Waals surface area contributed by atoms with E-state index in [9.17, 15) is 4.79 Å². The lowest BCUT2D eigenvalue weighted by molar-refractivity contribution is 1.03. The van der Waals surface area contributed by atoms with Gasteiger partial charge < -0.3 is 4.98 Å². The summed E-state index contributed by atoms with van der Waals surface area (Å²) in [5, 5.41) is 1.73. The molecule has 86 valence electrons. The molecule has 0 aliphatic heterocycles. The van der Waals surface area contributed by atoms with Crippen LogP contribution in [0.4, 0.5) is 0 Å². The number of benzene rings is 1. The number of hydrogen-bond acceptors (Lipinski definition) is 2. The lowest BCUT2D eigenvalue weighted by Crippen LogP contribution is -2.15. The first kappa shape index (κ1) is 10.5. The van der Waals surface area contributed by atoms with Gasteiger partial charge in [-0.05, 0) is 24.6 Å². The van der Waals surface area contributed by atoms with Crippen LogP contribution >= 0.6 is 15.9 Å². The predicted octanol–water partition coefficient (Wildman–Crippen LogP) is 2.38. The highest BCUT2D eigenvalue weighted by Gasteiger charge is 2.07. The molecule has 4 nitrogen and oxygen atoms in total. The van der Waals surface area contributed by atoms with Gasteiger partial charge in [0, 0.05) is 16.9 Å². The Hall–Kier alpha value is -1.62. The second-order valence-electron chi connectivity index (χ2n) is 4.02. The predicted molar refractivity (Wildman–Crippen MR) is 70.7 cm³/mol. The Morgan fingerprint density at radius 2 is 2.29 bits per heavy atom. The third-order valence-electron chi connectivity index (χ3n) is 2.77. The van der Waals surface area contributed by atoms with Crippen molar-refractivity contribution in [3.05, 3.63) is 46.1 Å². The minimum atomic E-state index is -0.153. The number of hydrogen-bond donors (Lipinski definition) is 1. The van der Waals surface area contributed by atoms with E-state index < -0.39 is 0 Å². The van der Waals surface area contributed by atoms with Gasteiger partial charge in [0.15, 0.2) is 5.65 Å². The van der Waals surface area contributed by atoms with Crippen molar-refractivity contribution in [3.8, 4) is 0 Å². The Balaban J connectivity index is 2.52. The first-order chi connectivity index (χ1) is 8.19. The van der Waals surface area contributed by atoms with E-state index in [-0.39, 0.29) is 5.69 Å². The van der Waals surface area contributed by atoms with E-state index in [1.54, 1.807) is 10.6 Å². The summed E-state index contributed by atoms with van der Waals surface area (Å²) in [7, 11) is 0. The maximum absolute atomic E-state index is 11.9. The third kappa shape index (κ3) is 1.58. The molecule has 1 aromatic carbocycles. The Labute approximate surface area is 105 Å². The van der Waals surface area contributed by atoms with E-state index in [2.05, 4.69) is 25.9 Å². The van der Waals surface area contributed by atoms with Gasteiger partial charge in [-0.25, -0.2) is 9.78 Å². The molecular weight excluding hydrogens is 282 g/mol. The standard InChI is InChI=1S/C12H10BrN3O/c1-7-6-16-11(14-7)9-3-2-8(5-13)4-10(9)15-12(16)17/h2-4,6H,5H2,1H3,(H,15,17). The molecule has 0 saturated carbocycles. The molecule has 3 aromatic rings. The van der Waals surface area contributed by atoms with E-state index in [0.29, 0.717) is 5.65 Å². The van der Waals surface area contributed by atoms with Gasteiger partial charge in [-0.15, -0.1) is 0 Å². The number of H-pyrrole nitrogens is 1. The molecule has 0 saturated heterocycles. The van der Waals surface area contributed by atoms with E-state index >= 15 is 0 Å². The largest absolute Gasteiger partial charge is 0.331 e. The first-order valence-electron chi connectivity index (χ1n) is 5.25. The fourth-order valence-corrected chi connectivity index (χ4v) is 2.34. The van der Waals surface area contributed by atoms with Gasteiger partial charge in [0.05, 0.1) is 11.2 Å². The topological polar surface area (TPSA) is 50.2 Å². The second kappa shape index (κ2) is 3.70. The average Bonchev–Trinajstić information content (AvgIpc) is 2.71. The highest BCUT2D eigenvalue weighted by molar-refractivity contribution is 9.08. The van der Waals surface area contributed by atoms with Crippen LogP contribution in [0.1, 0.15) is 11.3 Å². The van der Waals surface area contributed by atoms with Crippen LogP contribution in [0.5, 0.6) is 0 Å². The Bertz CT molecular complexity index is 772. The number of alkyl halides is 1. The molecule has 1 N–H and O–H groups in total. The zero-order valence-corrected chi connectivity index (χ0v) is 10.8. The number of nitrogens with one attached hydrogen (secondary N) is 1. The number of halogens is 1. The van der Waals surface area contributed by atoms with Crippen molar-refractivity contribution in [2.24, 2.45) is 0 Å². The van der Waals surface area contributed by atoms with Crippen molar-refractivity contribution >= 4 is 32.5 Å². The van der Waals surface area contributed by atoms with Gasteiger partial charge in [-0.1, -0.05) is 22.0 Å². The number of aromatic amines is 1. The van der Waals surface area contributed by atoms with Crippen LogP contribution in [0, 0.1) is 6.92 Å². The van der Waals surface area contributed by atoms with Gasteiger partial charge in [-0.3, -0.25) is 4.40 Å². The van der Waals surface area contributed by atoms with Gasteiger partial charge in [-0.2, -0.15) is 0 Å². The smallest absolute Gasteiger partial charge is 0.306 e. The molecular formula is C12H10BrN3O. The number of rotatable bonds is 1. The maximum atomic E-state index is 11.9. The van der Waals surface area contributed by atoms with Crippen molar-refractivity contribution in [2.45, 2.75) is 12.3 Å². The second-order valence-corrected chi connectivity index (χ2v) is 4.58. The summed E-state index contributed by atoms with van der Waals surface area (Å²) >= 11 is 3.40. The van der Waals surface area contributed by atoms with Crippen LogP contribution in [-0.2, 0) is 5.33 Å². The number of fused-ring (bicyclic) bond motifs is 3. The fraction of sp³-hybridized carbons (Fsp3) is 0.167. The quantitative estimate of drug-likeness (QED) is 0.700. The molecule has 0 aliphatic carbocycles. The molecule has 0 unspecified atom stereocenters. The average molecular weight is 292 g/mol. The highest BCUT2D eigenvalue weighted by Crippen LogP contribution is 2.18. The van der Waals surface area contributed by atoms with Gasteiger partial charge in [0.1, 0.15) is 0 Å². The van der Waals surface area contributed by atoms with Crippen LogP contribution in [0.15, 0.2) is 29.2 Å². The van der Waals surface area contributed by atoms with Crippen LogP contribution in [0.25, 0.3) is 16.6 Å². The third-order valence-corrected chi connectivity index (χ3v) is 3.41. The molecule has 0 spiro atoms. The van der Waals surface area contributed by atoms with Crippen molar-refractivity contribution in [3.63, 3.8) is 0 Å². The summed E-state index contributed by atoms with van der Waals surface area (Å²) in [6.07, 6.45) is 1.74. The normalized spacial score (nSPS) is 11.4. The maximum Gasteiger partial charge on any atom is 0.331 e. The minimum absolute atomic E-state index is 0.153. The molecule has 17 heavy (non-hydrogen) atoms. The molecule has 0 radical (unpaired) electrons. The molecule has 0 atom stereocenters. The van der Waals surface area contributed by atoms with E-state index in [4.69, 9.17) is 0 Å². The fourth-order valence-electron chi connectivity index (χ4n) is 1.99. The van der Waals surface area contributed by atoms with Crippen molar-refractivity contribution in [1.29, 1.82) is 0 Å². The summed E-state index contributed by atoms with van der Waals surface area (Å²) in [5.41, 5.74) is 3.35. The van der Waals surface area contributed by atoms with Crippen molar-refractivity contribution in [2.75, 3.05) is 0 Å². The molecule has 3 rings (SSSR count). The molecule has 0 amide bonds. The summed E-state index contributed by atoms with van der Waals surface area (Å²) in [5.74, 6) is 0. The molecule has 0 bridgehead atoms. The minimum Gasteiger partial charge on any atom is -0.306 e. The summed E-state index contributed by atoms with van der Waals surface area (Å²) in [6.45, 7) is 1.88. The summed E-state index contributed by atoms with van der Waals surface area (Å²) in [4.78, 5) is 19.1. The molecule has 0 aliphatic rings. The molecule has 2 heterocycles. The molecule has 2 aromatic heterocycles. The van der Waals surface area contributed by atoms with Crippen LogP contribution in [0.2, 0.25) is 0 Å². The van der Waals surface area contributed by atoms with Crippen molar-refractivity contribution in [1.82, 2.24) is 14.4 Å². The van der Waals surface area contributed by atoms with Gasteiger partial charge in [0.2, 0.25) is 0 Å².